The van der Waals surface area contributed by atoms with Crippen LogP contribution < -0.4 is 0 Å². The average molecular weight is 405 g/mol. The monoisotopic (exact) mass is 404 g/mol. The number of phenolic OH excluding ortho intramolecular Hbond substituents is 1. The number of aromatic hydroxyl groups is 1. The predicted octanol–water partition coefficient (Wildman–Crippen LogP) is 4.47. The summed E-state index contributed by atoms with van der Waals surface area (Å²) >= 11 is 1.63. The molecule has 28 heavy (non-hydrogen) atoms. The smallest absolute Gasteiger partial charge is 0.260 e. The summed E-state index contributed by atoms with van der Waals surface area (Å²) in [4.78, 5) is 17.8. The molecule has 1 aliphatic heterocycles. The van der Waals surface area contributed by atoms with Gasteiger partial charge in [-0.05, 0) is 48.7 Å². The van der Waals surface area contributed by atoms with Crippen molar-refractivity contribution in [3.8, 4) is 5.75 Å². The van der Waals surface area contributed by atoms with Crippen molar-refractivity contribution in [2.24, 2.45) is 0 Å². The van der Waals surface area contributed by atoms with E-state index in [0.29, 0.717) is 5.75 Å². The van der Waals surface area contributed by atoms with Crippen LogP contribution in [0.3, 0.4) is 0 Å². The van der Waals surface area contributed by atoms with Crippen LogP contribution >= 0.6 is 11.8 Å². The van der Waals surface area contributed by atoms with E-state index < -0.39 is 0 Å². The van der Waals surface area contributed by atoms with E-state index in [1.807, 2.05) is 37.2 Å². The van der Waals surface area contributed by atoms with Crippen LogP contribution in [0.4, 0.5) is 0 Å². The molecular formula is C23H36N2O2S. The second-order valence-electron chi connectivity index (χ2n) is 9.92. The number of rotatable bonds is 4. The number of carbonyl (C=O) groups is 1. The van der Waals surface area contributed by atoms with E-state index in [1.54, 1.807) is 11.8 Å². The Labute approximate surface area is 175 Å². The molecular weight excluding hydrogens is 368 g/mol. The molecule has 0 radical (unpaired) electrons. The molecule has 0 spiro atoms. The lowest BCUT2D eigenvalue weighted by Gasteiger charge is -2.30. The second kappa shape index (κ2) is 8.50. The molecule has 1 amide bonds. The van der Waals surface area contributed by atoms with Crippen molar-refractivity contribution in [2.75, 3.05) is 39.5 Å². The molecule has 0 atom stereocenters. The second-order valence-corrected chi connectivity index (χ2v) is 11.1. The largest absolute Gasteiger partial charge is 0.507 e. The molecule has 1 N–H and O–H groups in total. The highest BCUT2D eigenvalue weighted by Crippen LogP contribution is 2.40. The lowest BCUT2D eigenvalue weighted by Crippen LogP contribution is -2.41. The van der Waals surface area contributed by atoms with Gasteiger partial charge >= 0.3 is 0 Å². The fourth-order valence-electron chi connectivity index (χ4n) is 3.26. The lowest BCUT2D eigenvalue weighted by atomic mass is 9.78. The number of carbonyl (C=O) groups excluding carboxylic acids is 1. The van der Waals surface area contributed by atoms with Crippen LogP contribution in [0.1, 0.15) is 58.2 Å². The minimum absolute atomic E-state index is 0.112. The Morgan fingerprint density at radius 3 is 2.11 bits per heavy atom. The minimum atomic E-state index is -0.180. The van der Waals surface area contributed by atoms with E-state index in [4.69, 9.17) is 0 Å². The Morgan fingerprint density at radius 1 is 1.11 bits per heavy atom. The first-order valence-corrected chi connectivity index (χ1v) is 11.0. The van der Waals surface area contributed by atoms with Crippen LogP contribution in [-0.2, 0) is 15.6 Å². The minimum Gasteiger partial charge on any atom is -0.507 e. The Bertz CT molecular complexity index is 720. The van der Waals surface area contributed by atoms with Crippen LogP contribution in [0.25, 0.3) is 6.08 Å². The van der Waals surface area contributed by atoms with Crippen molar-refractivity contribution in [1.29, 1.82) is 0 Å². The van der Waals surface area contributed by atoms with Crippen molar-refractivity contribution in [3.05, 3.63) is 33.7 Å². The zero-order valence-corrected chi connectivity index (χ0v) is 19.5. The maximum atomic E-state index is 12.9. The molecule has 0 bridgehead atoms. The molecule has 1 fully saturated rings. The number of nitrogens with zero attached hydrogens (tertiary/aromatic N) is 2. The van der Waals surface area contributed by atoms with Crippen molar-refractivity contribution in [3.63, 3.8) is 0 Å². The average Bonchev–Trinajstić information content (AvgIpc) is 2.54. The first kappa shape index (κ1) is 22.8. The number of hydrogen-bond acceptors (Lipinski definition) is 4. The number of amides is 1. The van der Waals surface area contributed by atoms with Gasteiger partial charge in [-0.2, -0.15) is 0 Å². The third kappa shape index (κ3) is 5.54. The molecule has 1 aromatic rings. The van der Waals surface area contributed by atoms with Gasteiger partial charge in [0.25, 0.3) is 5.91 Å². The molecule has 5 heteroatoms. The third-order valence-corrected chi connectivity index (χ3v) is 5.97. The topological polar surface area (TPSA) is 43.8 Å². The van der Waals surface area contributed by atoms with Crippen molar-refractivity contribution < 1.29 is 9.90 Å². The lowest BCUT2D eigenvalue weighted by molar-refractivity contribution is -0.126. The highest BCUT2D eigenvalue weighted by Gasteiger charge is 2.28. The van der Waals surface area contributed by atoms with Crippen LogP contribution in [0.15, 0.2) is 17.0 Å². The molecule has 1 heterocycles. The Morgan fingerprint density at radius 2 is 1.64 bits per heavy atom. The summed E-state index contributed by atoms with van der Waals surface area (Å²) in [7, 11) is 4.05. The van der Waals surface area contributed by atoms with Gasteiger partial charge in [-0.1, -0.05) is 41.5 Å². The molecule has 0 aliphatic carbocycles. The van der Waals surface area contributed by atoms with Crippen LogP contribution in [0.2, 0.25) is 0 Å². The highest BCUT2D eigenvalue weighted by molar-refractivity contribution is 8.04. The zero-order valence-electron chi connectivity index (χ0n) is 18.7. The van der Waals surface area contributed by atoms with Crippen LogP contribution in [-0.4, -0.2) is 60.3 Å². The third-order valence-electron chi connectivity index (χ3n) is 4.98. The van der Waals surface area contributed by atoms with E-state index in [2.05, 4.69) is 46.4 Å². The van der Waals surface area contributed by atoms with E-state index in [0.717, 1.165) is 47.0 Å². The van der Waals surface area contributed by atoms with Crippen molar-refractivity contribution >= 4 is 23.7 Å². The molecule has 0 saturated carbocycles. The zero-order chi connectivity index (χ0) is 21.3. The van der Waals surface area contributed by atoms with Gasteiger partial charge in [0.15, 0.2) is 0 Å². The summed E-state index contributed by atoms with van der Waals surface area (Å²) in [6.45, 7) is 15.0. The quantitative estimate of drug-likeness (QED) is 0.752. The SMILES string of the molecule is CN(C)CCN1CCS/C(=C/c2cc(C(C)(C)C)c(O)c(C(C)(C)C)c2)C1=O. The maximum Gasteiger partial charge on any atom is 0.260 e. The number of benzene rings is 1. The number of hydrogen-bond donors (Lipinski definition) is 1. The van der Waals surface area contributed by atoms with E-state index >= 15 is 0 Å². The van der Waals surface area contributed by atoms with Gasteiger partial charge in [0, 0.05) is 36.5 Å². The molecule has 1 aromatic carbocycles. The van der Waals surface area contributed by atoms with Gasteiger partial charge in [0.1, 0.15) is 5.75 Å². The van der Waals surface area contributed by atoms with Gasteiger partial charge in [-0.3, -0.25) is 4.79 Å². The summed E-state index contributed by atoms with van der Waals surface area (Å²) < 4.78 is 0. The van der Waals surface area contributed by atoms with Gasteiger partial charge in [-0.15, -0.1) is 11.8 Å². The predicted molar refractivity (Wildman–Crippen MR) is 121 cm³/mol. The normalized spacial score (nSPS) is 17.7. The summed E-state index contributed by atoms with van der Waals surface area (Å²) in [6, 6.07) is 4.06. The molecule has 1 aliphatic rings. The Kier molecular flexibility index (Phi) is 6.93. The fourth-order valence-corrected chi connectivity index (χ4v) is 4.26. The van der Waals surface area contributed by atoms with Crippen molar-refractivity contribution in [1.82, 2.24) is 9.80 Å². The van der Waals surface area contributed by atoms with E-state index in [1.165, 1.54) is 0 Å². The number of likely N-dealkylation sites (N-methyl/N-ethyl adjacent to an activating group) is 1. The first-order chi connectivity index (χ1) is 12.8. The fraction of sp³-hybridized carbons (Fsp3) is 0.609. The van der Waals surface area contributed by atoms with Gasteiger partial charge in [-0.25, -0.2) is 0 Å². The van der Waals surface area contributed by atoms with Crippen molar-refractivity contribution in [2.45, 2.75) is 52.4 Å². The molecule has 0 aromatic heterocycles. The molecule has 156 valence electrons. The summed E-state index contributed by atoms with van der Waals surface area (Å²) in [5.74, 6) is 1.40. The van der Waals surface area contributed by atoms with Crippen LogP contribution in [0.5, 0.6) is 5.75 Å². The maximum absolute atomic E-state index is 12.9. The molecule has 2 rings (SSSR count). The molecule has 1 saturated heterocycles. The summed E-state index contributed by atoms with van der Waals surface area (Å²) in [5, 5.41) is 10.9. The molecule has 0 unspecified atom stereocenters. The van der Waals surface area contributed by atoms with Gasteiger partial charge in [0.2, 0.25) is 0 Å². The first-order valence-electron chi connectivity index (χ1n) is 9.97. The standard InChI is InChI=1S/C23H36N2O2S/c1-22(2,3)17-13-16(14-18(20(17)26)23(4,5)6)15-19-21(27)25(11-12-28-19)10-9-24(7)8/h13-15,26H,9-12H2,1-8H3/b19-15+. The summed E-state index contributed by atoms with van der Waals surface area (Å²) in [5.41, 5.74) is 2.46. The van der Waals surface area contributed by atoms with Gasteiger partial charge < -0.3 is 14.9 Å². The Hall–Kier alpha value is -1.46. The summed E-state index contributed by atoms with van der Waals surface area (Å²) in [6.07, 6.45) is 2.00. The van der Waals surface area contributed by atoms with Gasteiger partial charge in [0.05, 0.1) is 4.91 Å². The van der Waals surface area contributed by atoms with E-state index in [-0.39, 0.29) is 16.7 Å². The number of thioether (sulfide) groups is 1. The Balaban J connectivity index is 2.45. The molecule has 4 nitrogen and oxygen atoms in total. The van der Waals surface area contributed by atoms with Crippen LogP contribution in [0, 0.1) is 0 Å². The number of phenols is 1. The van der Waals surface area contributed by atoms with E-state index in [9.17, 15) is 9.90 Å². The highest BCUT2D eigenvalue weighted by atomic mass is 32.2.